The van der Waals surface area contributed by atoms with Gasteiger partial charge in [0.25, 0.3) is 0 Å². The molecule has 0 spiro atoms. The molecule has 0 radical (unpaired) electrons. The van der Waals surface area contributed by atoms with Crippen LogP contribution in [-0.2, 0) is 19.1 Å². The van der Waals surface area contributed by atoms with Gasteiger partial charge in [-0.3, -0.25) is 9.59 Å². The molecule has 5 nitrogen and oxygen atoms in total. The first-order chi connectivity index (χ1) is 45.6. The molecule has 0 amide bonds. The van der Waals surface area contributed by atoms with Crippen LogP contribution in [-0.4, -0.2) is 36.4 Å². The van der Waals surface area contributed by atoms with Gasteiger partial charge in [-0.1, -0.05) is 369 Å². The van der Waals surface area contributed by atoms with Gasteiger partial charge in [-0.05, 0) is 135 Å². The number of esters is 2. The average molecular weight is 1270 g/mol. The number of carbonyl (C=O) groups excluding carboxylic acids is 2. The Morgan fingerprint density at radius 2 is 0.435 bits per heavy atom. The maximum absolute atomic E-state index is 12.4. The van der Waals surface area contributed by atoms with Crippen LogP contribution in [0.15, 0.2) is 182 Å². The SMILES string of the molecule is CC/C=C\C/C=C\C/C=C\C/C=C\C/C=C\C/C=C\C/C=C\C/C=C\C/C=C\C/C=C\C/C=C\CCCCCCCC(=O)OC(CO)COC(=O)CCCCCCCCCCCCCCCCCCCCCCCCCCCC/C=C\C/C=C\C/C=C\C/C=C\CC. The Balaban J connectivity index is 3.53. The van der Waals surface area contributed by atoms with Gasteiger partial charge in [0.15, 0.2) is 6.10 Å². The largest absolute Gasteiger partial charge is 0.462 e. The van der Waals surface area contributed by atoms with Crippen LogP contribution in [0, 0.1) is 0 Å². The van der Waals surface area contributed by atoms with Crippen molar-refractivity contribution < 1.29 is 24.2 Å². The first kappa shape index (κ1) is 87.0. The van der Waals surface area contributed by atoms with Crippen LogP contribution in [0.1, 0.15) is 335 Å². The number of allylic oxidation sites excluding steroid dienone is 30. The summed E-state index contributed by atoms with van der Waals surface area (Å²) >= 11 is 0. The summed E-state index contributed by atoms with van der Waals surface area (Å²) < 4.78 is 10.8. The Labute approximate surface area is 569 Å². The number of ether oxygens (including phenoxy) is 2. The van der Waals surface area contributed by atoms with Crippen LogP contribution in [0.4, 0.5) is 0 Å². The van der Waals surface area contributed by atoms with Gasteiger partial charge in [-0.15, -0.1) is 0 Å². The molecule has 5 heteroatoms. The summed E-state index contributed by atoms with van der Waals surface area (Å²) in [5, 5.41) is 9.72. The number of rotatable bonds is 69. The number of hydrogen-bond acceptors (Lipinski definition) is 5. The highest BCUT2D eigenvalue weighted by molar-refractivity contribution is 5.70. The second kappa shape index (κ2) is 80.2. The molecule has 0 rings (SSSR count). The Morgan fingerprint density at radius 1 is 0.250 bits per heavy atom. The van der Waals surface area contributed by atoms with Crippen molar-refractivity contribution in [3.05, 3.63) is 182 Å². The fourth-order valence-corrected chi connectivity index (χ4v) is 10.6. The lowest BCUT2D eigenvalue weighted by atomic mass is 10.0. The third-order valence-electron chi connectivity index (χ3n) is 16.2. The first-order valence-electron chi connectivity index (χ1n) is 38.3. The second-order valence-electron chi connectivity index (χ2n) is 25.0. The zero-order valence-corrected chi connectivity index (χ0v) is 59.7. The van der Waals surface area contributed by atoms with Crippen molar-refractivity contribution in [3.63, 3.8) is 0 Å². The minimum absolute atomic E-state index is 0.0806. The highest BCUT2D eigenvalue weighted by Crippen LogP contribution is 2.18. The van der Waals surface area contributed by atoms with Crippen LogP contribution >= 0.6 is 0 Å². The smallest absolute Gasteiger partial charge is 0.306 e. The molecule has 1 N–H and O–H groups in total. The Hall–Kier alpha value is -5.00. The highest BCUT2D eigenvalue weighted by Gasteiger charge is 2.16. The maximum atomic E-state index is 12.4. The van der Waals surface area contributed by atoms with E-state index in [1.54, 1.807) is 0 Å². The predicted molar refractivity (Wildman–Crippen MR) is 407 cm³/mol. The number of unbranched alkanes of at least 4 members (excludes halogenated alkanes) is 31. The molecule has 0 heterocycles. The van der Waals surface area contributed by atoms with Crippen molar-refractivity contribution in [1.29, 1.82) is 0 Å². The molecule has 0 aliphatic rings. The maximum Gasteiger partial charge on any atom is 0.306 e. The molecular formula is C87H142O5. The van der Waals surface area contributed by atoms with Crippen LogP contribution < -0.4 is 0 Å². The van der Waals surface area contributed by atoms with Gasteiger partial charge in [-0.25, -0.2) is 0 Å². The molecule has 0 aromatic rings. The van der Waals surface area contributed by atoms with Gasteiger partial charge in [-0.2, -0.15) is 0 Å². The summed E-state index contributed by atoms with van der Waals surface area (Å²) in [6.07, 6.45) is 125. The van der Waals surface area contributed by atoms with E-state index in [1.807, 2.05) is 0 Å². The Kier molecular flexibility index (Phi) is 75.9. The minimum atomic E-state index is -0.795. The monoisotopic (exact) mass is 1270 g/mol. The quantitative estimate of drug-likeness (QED) is 0.0373. The molecule has 0 aromatic heterocycles. The lowest BCUT2D eigenvalue weighted by Gasteiger charge is -2.15. The van der Waals surface area contributed by atoms with Crippen molar-refractivity contribution in [3.8, 4) is 0 Å². The van der Waals surface area contributed by atoms with E-state index in [-0.39, 0.29) is 25.2 Å². The van der Waals surface area contributed by atoms with Crippen LogP contribution in [0.2, 0.25) is 0 Å². The molecule has 0 aromatic carbocycles. The zero-order chi connectivity index (χ0) is 66.1. The van der Waals surface area contributed by atoms with E-state index in [1.165, 1.54) is 154 Å². The third kappa shape index (κ3) is 77.4. The summed E-state index contributed by atoms with van der Waals surface area (Å²) in [5.41, 5.74) is 0. The summed E-state index contributed by atoms with van der Waals surface area (Å²) in [7, 11) is 0. The predicted octanol–water partition coefficient (Wildman–Crippen LogP) is 27.3. The molecular weight excluding hydrogens is 1120 g/mol. The van der Waals surface area contributed by atoms with E-state index in [2.05, 4.69) is 196 Å². The molecule has 0 aliphatic carbocycles. The molecule has 520 valence electrons. The average Bonchev–Trinajstić information content (AvgIpc) is 3.75. The Morgan fingerprint density at radius 3 is 0.652 bits per heavy atom. The van der Waals surface area contributed by atoms with Gasteiger partial charge < -0.3 is 14.6 Å². The fraction of sp³-hybridized carbons (Fsp3) is 0.632. The highest BCUT2D eigenvalue weighted by atomic mass is 16.6. The van der Waals surface area contributed by atoms with E-state index in [9.17, 15) is 14.7 Å². The van der Waals surface area contributed by atoms with Crippen molar-refractivity contribution in [1.82, 2.24) is 0 Å². The summed E-state index contributed by atoms with van der Waals surface area (Å²) in [6.45, 7) is 3.92. The molecule has 0 aliphatic heterocycles. The molecule has 1 atom stereocenters. The third-order valence-corrected chi connectivity index (χ3v) is 16.2. The lowest BCUT2D eigenvalue weighted by Crippen LogP contribution is -2.28. The second-order valence-corrected chi connectivity index (χ2v) is 25.0. The number of aliphatic hydroxyl groups is 1. The minimum Gasteiger partial charge on any atom is -0.462 e. The van der Waals surface area contributed by atoms with Gasteiger partial charge in [0, 0.05) is 12.8 Å². The number of carbonyl (C=O) groups is 2. The van der Waals surface area contributed by atoms with E-state index < -0.39 is 6.10 Å². The number of aliphatic hydroxyl groups excluding tert-OH is 1. The van der Waals surface area contributed by atoms with Gasteiger partial charge >= 0.3 is 11.9 Å². The summed E-state index contributed by atoms with van der Waals surface area (Å²) in [4.78, 5) is 24.7. The van der Waals surface area contributed by atoms with Crippen LogP contribution in [0.3, 0.4) is 0 Å². The van der Waals surface area contributed by atoms with Gasteiger partial charge in [0.05, 0.1) is 6.61 Å². The van der Waals surface area contributed by atoms with Crippen LogP contribution in [0.5, 0.6) is 0 Å². The normalized spacial score (nSPS) is 13.3. The van der Waals surface area contributed by atoms with E-state index in [4.69, 9.17) is 9.47 Å². The zero-order valence-electron chi connectivity index (χ0n) is 59.7. The summed E-state index contributed by atoms with van der Waals surface area (Å²) in [5.74, 6) is -0.611. The molecule has 0 fully saturated rings. The fourth-order valence-electron chi connectivity index (χ4n) is 10.6. The standard InChI is InChI=1S/C87H142O5/c1-3-5-7-9-11-13-15-17-19-21-23-25-27-29-31-33-35-37-39-41-43-45-47-49-51-53-55-57-59-61-63-65-67-69-71-73-75-77-79-81-86(89)91-84-85(83-88)92-87(90)82-80-78-76-74-72-70-68-66-64-62-60-58-56-54-52-50-48-46-44-42-40-38-36-34-32-30-28-26-24-22-20-18-16-14-12-10-8-6-4-2/h5-8,11-14,17-20,23-26,30,32,36,38,42,44,48,50,54,56,60,62,66,68,85,88H,3-4,9-10,15-16,21-22,27-29,31,33-35,37,39-41,43,45-47,49,51-53,55,57-59,61,63-65,67,69-84H2,1-2H3/b7-5-,8-6-,13-11-,14-12-,19-17-,20-18-,25-23-,26-24-,32-30-,38-36-,44-42-,50-48-,56-54-,62-60-,68-66-. The van der Waals surface area contributed by atoms with E-state index in [0.717, 1.165) is 154 Å². The van der Waals surface area contributed by atoms with Gasteiger partial charge in [0.2, 0.25) is 0 Å². The molecule has 0 saturated heterocycles. The van der Waals surface area contributed by atoms with E-state index in [0.29, 0.717) is 12.8 Å². The van der Waals surface area contributed by atoms with Crippen molar-refractivity contribution in [2.24, 2.45) is 0 Å². The van der Waals surface area contributed by atoms with Crippen molar-refractivity contribution >= 4 is 11.9 Å². The topological polar surface area (TPSA) is 72.8 Å². The van der Waals surface area contributed by atoms with E-state index >= 15 is 0 Å². The van der Waals surface area contributed by atoms with Crippen molar-refractivity contribution in [2.45, 2.75) is 341 Å². The molecule has 0 saturated carbocycles. The van der Waals surface area contributed by atoms with Crippen molar-refractivity contribution in [2.75, 3.05) is 13.2 Å². The van der Waals surface area contributed by atoms with Gasteiger partial charge in [0.1, 0.15) is 6.61 Å². The van der Waals surface area contributed by atoms with Crippen LogP contribution in [0.25, 0.3) is 0 Å². The summed E-state index contributed by atoms with van der Waals surface area (Å²) in [6, 6.07) is 0. The first-order valence-corrected chi connectivity index (χ1v) is 38.3. The molecule has 92 heavy (non-hydrogen) atoms. The number of hydrogen-bond donors (Lipinski definition) is 1. The Bertz CT molecular complexity index is 2020. The molecule has 1 unspecified atom stereocenters. The molecule has 0 bridgehead atoms. The lowest BCUT2D eigenvalue weighted by molar-refractivity contribution is -0.161.